The summed E-state index contributed by atoms with van der Waals surface area (Å²) in [6.45, 7) is 5.39. The van der Waals surface area contributed by atoms with Crippen molar-refractivity contribution in [3.05, 3.63) is 23.9 Å². The molecule has 1 aromatic heterocycles. The van der Waals surface area contributed by atoms with Crippen molar-refractivity contribution in [1.29, 1.82) is 0 Å². The summed E-state index contributed by atoms with van der Waals surface area (Å²) in [5, 5.41) is 0. The Morgan fingerprint density at radius 2 is 2.50 bits per heavy atom. The third-order valence-corrected chi connectivity index (χ3v) is 2.32. The van der Waals surface area contributed by atoms with E-state index in [4.69, 9.17) is 1.37 Å². The van der Waals surface area contributed by atoms with Gasteiger partial charge in [0.15, 0.2) is 0 Å². The van der Waals surface area contributed by atoms with Gasteiger partial charge in [0.1, 0.15) is 5.82 Å². The third kappa shape index (κ3) is 1.07. The van der Waals surface area contributed by atoms with E-state index in [9.17, 15) is 0 Å². The van der Waals surface area contributed by atoms with Crippen LogP contribution in [0.2, 0.25) is 0 Å². The first-order valence-electron chi connectivity index (χ1n) is 4.90. The zero-order chi connectivity index (χ0) is 9.42. The van der Waals surface area contributed by atoms with E-state index in [1.54, 1.807) is 6.20 Å². The van der Waals surface area contributed by atoms with Gasteiger partial charge in [-0.05, 0) is 31.9 Å². The summed E-state index contributed by atoms with van der Waals surface area (Å²) in [4.78, 5) is 6.59. The smallest absolute Gasteiger partial charge is 0.132 e. The molecule has 2 nitrogen and oxygen atoms in total. The molecule has 0 saturated carbocycles. The predicted molar refractivity (Wildman–Crippen MR) is 50.4 cm³/mol. The predicted octanol–water partition coefficient (Wildman–Crippen LogP) is 1.85. The maximum atomic E-state index is 7.46. The topological polar surface area (TPSA) is 16.1 Å². The summed E-state index contributed by atoms with van der Waals surface area (Å²) in [5.41, 5.74) is 1.22. The van der Waals surface area contributed by atoms with Crippen molar-refractivity contribution in [2.75, 3.05) is 11.4 Å². The summed E-state index contributed by atoms with van der Waals surface area (Å²) in [5.74, 6) is 1.08. The van der Waals surface area contributed by atoms with Crippen LogP contribution in [-0.4, -0.2) is 17.6 Å². The second-order valence-corrected chi connectivity index (χ2v) is 3.46. The molecule has 0 saturated heterocycles. The number of hydrogen-bond donors (Lipinski definition) is 0. The molecule has 0 atom stereocenters. The Balaban J connectivity index is 2.38. The van der Waals surface area contributed by atoms with Crippen LogP contribution < -0.4 is 4.90 Å². The van der Waals surface area contributed by atoms with Gasteiger partial charge in [-0.15, -0.1) is 0 Å². The molecule has 0 fully saturated rings. The average molecular weight is 164 g/mol. The first kappa shape index (κ1) is 6.46. The van der Waals surface area contributed by atoms with Gasteiger partial charge >= 0.3 is 0 Å². The summed E-state index contributed by atoms with van der Waals surface area (Å²) >= 11 is 0. The SMILES string of the molecule is [3H]c1cnc2c(c1)CCN2C(C)C. The minimum Gasteiger partial charge on any atom is -0.354 e. The van der Waals surface area contributed by atoms with Crippen LogP contribution in [0.15, 0.2) is 18.3 Å². The van der Waals surface area contributed by atoms with Crippen LogP contribution in [0, 0.1) is 0 Å². The zero-order valence-corrected chi connectivity index (χ0v) is 7.54. The maximum Gasteiger partial charge on any atom is 0.132 e. The van der Waals surface area contributed by atoms with Crippen molar-refractivity contribution in [1.82, 2.24) is 4.98 Å². The van der Waals surface area contributed by atoms with Gasteiger partial charge in [-0.25, -0.2) is 4.98 Å². The summed E-state index contributed by atoms with van der Waals surface area (Å²) in [6, 6.07) is 2.94. The van der Waals surface area contributed by atoms with Crippen LogP contribution in [0.3, 0.4) is 0 Å². The van der Waals surface area contributed by atoms with E-state index in [2.05, 4.69) is 23.7 Å². The van der Waals surface area contributed by atoms with E-state index in [0.29, 0.717) is 12.1 Å². The monoisotopic (exact) mass is 164 g/mol. The molecular formula is C10H14N2. The highest BCUT2D eigenvalue weighted by Gasteiger charge is 2.21. The second kappa shape index (κ2) is 2.77. The molecule has 0 N–H and O–H groups in total. The number of pyridine rings is 1. The molecule has 12 heavy (non-hydrogen) atoms. The fourth-order valence-electron chi connectivity index (χ4n) is 1.68. The molecule has 0 amide bonds. The largest absolute Gasteiger partial charge is 0.354 e. The normalized spacial score (nSPS) is 16.6. The lowest BCUT2D eigenvalue weighted by molar-refractivity contribution is 0.703. The minimum atomic E-state index is 0.505. The molecule has 2 rings (SSSR count). The van der Waals surface area contributed by atoms with Gasteiger partial charge in [-0.1, -0.05) is 6.07 Å². The number of rotatable bonds is 1. The van der Waals surface area contributed by atoms with Crippen LogP contribution in [0.4, 0.5) is 5.82 Å². The lowest BCUT2D eigenvalue weighted by Gasteiger charge is -2.22. The zero-order valence-electron chi connectivity index (χ0n) is 8.54. The molecule has 64 valence electrons. The number of anilines is 1. The Kier molecular flexibility index (Phi) is 1.49. The third-order valence-electron chi connectivity index (χ3n) is 2.32. The van der Waals surface area contributed by atoms with Crippen molar-refractivity contribution in [3.63, 3.8) is 0 Å². The van der Waals surface area contributed by atoms with Crippen molar-refractivity contribution in [3.8, 4) is 0 Å². The molecule has 0 spiro atoms. The lowest BCUT2D eigenvalue weighted by Crippen LogP contribution is -2.28. The van der Waals surface area contributed by atoms with Crippen LogP contribution in [0.5, 0.6) is 0 Å². The van der Waals surface area contributed by atoms with Gasteiger partial charge in [0, 0.05) is 18.8 Å². The van der Waals surface area contributed by atoms with E-state index < -0.39 is 0 Å². The Morgan fingerprint density at radius 3 is 3.25 bits per heavy atom. The Bertz CT molecular complexity index is 323. The Labute approximate surface area is 74.6 Å². The van der Waals surface area contributed by atoms with E-state index in [0.717, 1.165) is 18.8 Å². The molecule has 0 aromatic carbocycles. The average Bonchev–Trinajstić information content (AvgIpc) is 2.46. The first-order valence-corrected chi connectivity index (χ1v) is 4.40. The van der Waals surface area contributed by atoms with Gasteiger partial charge in [0.05, 0.1) is 1.37 Å². The number of hydrogen-bond acceptors (Lipinski definition) is 2. The fourth-order valence-corrected chi connectivity index (χ4v) is 1.68. The lowest BCUT2D eigenvalue weighted by atomic mass is 10.2. The molecule has 0 aliphatic carbocycles. The molecule has 2 heterocycles. The van der Waals surface area contributed by atoms with Crippen LogP contribution in [0.1, 0.15) is 20.8 Å². The fraction of sp³-hybridized carbons (Fsp3) is 0.500. The molecule has 1 aromatic rings. The second-order valence-electron chi connectivity index (χ2n) is 3.46. The Hall–Kier alpha value is -1.05. The summed E-state index contributed by atoms with van der Waals surface area (Å²) in [6.07, 6.45) is 2.66. The quantitative estimate of drug-likeness (QED) is 0.629. The van der Waals surface area contributed by atoms with Crippen molar-refractivity contribution in [2.24, 2.45) is 0 Å². The summed E-state index contributed by atoms with van der Waals surface area (Å²) < 4.78 is 7.46. The van der Waals surface area contributed by atoms with Crippen molar-refractivity contribution < 1.29 is 1.37 Å². The van der Waals surface area contributed by atoms with Gasteiger partial charge in [-0.2, -0.15) is 0 Å². The van der Waals surface area contributed by atoms with E-state index in [1.807, 2.05) is 6.07 Å². The van der Waals surface area contributed by atoms with Crippen LogP contribution in [-0.2, 0) is 6.42 Å². The highest BCUT2D eigenvalue weighted by Crippen LogP contribution is 2.26. The highest BCUT2D eigenvalue weighted by molar-refractivity contribution is 5.52. The molecular weight excluding hydrogens is 148 g/mol. The standard InChI is InChI=1S/C10H14N2/c1-8(2)12-7-5-9-4-3-6-11-10(9)12/h3-4,6,8H,5,7H2,1-2H3/i3T. The Morgan fingerprint density at radius 1 is 1.67 bits per heavy atom. The van der Waals surface area contributed by atoms with E-state index >= 15 is 0 Å². The molecule has 2 heteroatoms. The molecule has 0 radical (unpaired) electrons. The van der Waals surface area contributed by atoms with Gasteiger partial charge in [-0.3, -0.25) is 0 Å². The number of nitrogens with zero attached hydrogens (tertiary/aromatic N) is 2. The summed E-state index contributed by atoms with van der Waals surface area (Å²) in [7, 11) is 0. The van der Waals surface area contributed by atoms with E-state index in [1.165, 1.54) is 5.56 Å². The van der Waals surface area contributed by atoms with Gasteiger partial charge in [0.2, 0.25) is 0 Å². The highest BCUT2D eigenvalue weighted by atomic mass is 15.2. The van der Waals surface area contributed by atoms with Gasteiger partial charge < -0.3 is 4.90 Å². The molecule has 1 aliphatic rings. The van der Waals surface area contributed by atoms with E-state index in [-0.39, 0.29) is 0 Å². The van der Waals surface area contributed by atoms with Crippen molar-refractivity contribution >= 4 is 5.82 Å². The number of aromatic nitrogens is 1. The maximum absolute atomic E-state index is 7.46. The molecule has 0 bridgehead atoms. The molecule has 1 aliphatic heterocycles. The minimum absolute atomic E-state index is 0.505. The molecule has 0 unspecified atom stereocenters. The first-order chi connectivity index (χ1) is 6.18. The van der Waals surface area contributed by atoms with Gasteiger partial charge in [0.25, 0.3) is 0 Å². The number of fused-ring (bicyclic) bond motifs is 1. The van der Waals surface area contributed by atoms with Crippen LogP contribution in [0.25, 0.3) is 0 Å². The van der Waals surface area contributed by atoms with Crippen LogP contribution >= 0.6 is 0 Å². The van der Waals surface area contributed by atoms with Crippen molar-refractivity contribution in [2.45, 2.75) is 26.3 Å².